The highest BCUT2D eigenvalue weighted by Gasteiger charge is 2.45. The van der Waals surface area contributed by atoms with E-state index in [4.69, 9.17) is 0 Å². The first-order chi connectivity index (χ1) is 5.12. The van der Waals surface area contributed by atoms with Gasteiger partial charge in [-0.2, -0.15) is 0 Å². The zero-order chi connectivity index (χ0) is 9.62. The van der Waals surface area contributed by atoms with Gasteiger partial charge in [-0.3, -0.25) is 0 Å². The predicted molar refractivity (Wildman–Crippen MR) is 56.4 cm³/mol. The van der Waals surface area contributed by atoms with Gasteiger partial charge in [0.1, 0.15) is 4.87 Å². The van der Waals surface area contributed by atoms with Crippen LogP contribution in [0.2, 0.25) is 0 Å². The van der Waals surface area contributed by atoms with Crippen LogP contribution in [0.15, 0.2) is 0 Å². The third kappa shape index (κ3) is 2.67. The van der Waals surface area contributed by atoms with Crippen molar-refractivity contribution in [3.8, 4) is 0 Å². The second-order valence-corrected chi connectivity index (χ2v) is 7.03. The first kappa shape index (κ1) is 10.4. The van der Waals surface area contributed by atoms with Crippen molar-refractivity contribution in [3.05, 3.63) is 0 Å². The Labute approximate surface area is 81.7 Å². The van der Waals surface area contributed by atoms with Crippen LogP contribution in [0.25, 0.3) is 0 Å². The maximum Gasteiger partial charge on any atom is 0.138 e. The molecule has 1 fully saturated rings. The van der Waals surface area contributed by atoms with Crippen LogP contribution in [0.1, 0.15) is 47.5 Å². The van der Waals surface area contributed by atoms with Gasteiger partial charge in [0.2, 0.25) is 0 Å². The molecule has 1 rings (SSSR count). The van der Waals surface area contributed by atoms with E-state index in [1.807, 2.05) is 0 Å². The number of thiol groups is 1. The SMILES string of the molecule is CC1(C)CC(C)(C)[NH2+]C(C)(S)C1. The highest BCUT2D eigenvalue weighted by molar-refractivity contribution is 7.81. The van der Waals surface area contributed by atoms with Crippen molar-refractivity contribution in [1.82, 2.24) is 0 Å². The maximum atomic E-state index is 4.69. The van der Waals surface area contributed by atoms with Gasteiger partial charge in [-0.1, -0.05) is 13.8 Å². The molecule has 0 aromatic rings. The summed E-state index contributed by atoms with van der Waals surface area (Å²) in [5, 5.41) is 2.40. The average Bonchev–Trinajstić information content (AvgIpc) is 1.44. The Bertz CT molecular complexity index is 137. The van der Waals surface area contributed by atoms with Gasteiger partial charge in [-0.25, -0.2) is 0 Å². The van der Waals surface area contributed by atoms with Gasteiger partial charge in [-0.15, -0.1) is 12.6 Å². The van der Waals surface area contributed by atoms with Crippen molar-refractivity contribution in [2.75, 3.05) is 0 Å². The third-order valence-corrected chi connectivity index (χ3v) is 2.76. The Morgan fingerprint density at radius 2 is 1.50 bits per heavy atom. The van der Waals surface area contributed by atoms with Gasteiger partial charge in [0.05, 0.1) is 5.54 Å². The van der Waals surface area contributed by atoms with Crippen molar-refractivity contribution in [1.29, 1.82) is 0 Å². The summed E-state index contributed by atoms with van der Waals surface area (Å²) in [6, 6.07) is 0. The van der Waals surface area contributed by atoms with Crippen LogP contribution in [0, 0.1) is 5.41 Å². The fraction of sp³-hybridized carbons (Fsp3) is 1.00. The smallest absolute Gasteiger partial charge is 0.138 e. The zero-order valence-electron chi connectivity index (χ0n) is 8.94. The van der Waals surface area contributed by atoms with E-state index in [-0.39, 0.29) is 4.87 Å². The third-order valence-electron chi connectivity index (χ3n) is 2.47. The molecule has 2 heteroatoms. The molecule has 1 aliphatic rings. The lowest BCUT2D eigenvalue weighted by molar-refractivity contribution is -0.773. The number of rotatable bonds is 0. The second kappa shape index (κ2) is 2.65. The van der Waals surface area contributed by atoms with Gasteiger partial charge in [0.15, 0.2) is 0 Å². The van der Waals surface area contributed by atoms with Crippen LogP contribution >= 0.6 is 12.6 Å². The second-order valence-electron chi connectivity index (χ2n) is 6.01. The standard InChI is InChI=1S/C10H21NS/c1-8(2)6-9(3,4)11-10(5,12)7-8/h11-12H,6-7H2,1-5H3/p+1. The molecule has 1 heterocycles. The highest BCUT2D eigenvalue weighted by Crippen LogP contribution is 2.38. The fourth-order valence-electron chi connectivity index (χ4n) is 3.21. The molecule has 1 nitrogen and oxygen atoms in total. The summed E-state index contributed by atoms with van der Waals surface area (Å²) >= 11 is 4.69. The quantitative estimate of drug-likeness (QED) is 0.540. The number of hydrogen-bond acceptors (Lipinski definition) is 1. The monoisotopic (exact) mass is 188 g/mol. The molecule has 0 amide bonds. The van der Waals surface area contributed by atoms with Gasteiger partial charge in [0.25, 0.3) is 0 Å². The molecule has 2 N–H and O–H groups in total. The molecular formula is C10H22NS+. The minimum absolute atomic E-state index is 0.116. The molecule has 0 saturated carbocycles. The topological polar surface area (TPSA) is 16.6 Å². The van der Waals surface area contributed by atoms with E-state index in [9.17, 15) is 0 Å². The largest absolute Gasteiger partial charge is 0.329 e. The van der Waals surface area contributed by atoms with Crippen molar-refractivity contribution >= 4 is 12.6 Å². The minimum Gasteiger partial charge on any atom is -0.329 e. The highest BCUT2D eigenvalue weighted by atomic mass is 32.1. The lowest BCUT2D eigenvalue weighted by atomic mass is 9.72. The molecule has 1 unspecified atom stereocenters. The van der Waals surface area contributed by atoms with Crippen LogP contribution < -0.4 is 5.32 Å². The normalized spacial score (nSPS) is 39.5. The average molecular weight is 188 g/mol. The van der Waals surface area contributed by atoms with Gasteiger partial charge in [-0.05, 0) is 19.3 Å². The molecule has 0 bridgehead atoms. The van der Waals surface area contributed by atoms with E-state index < -0.39 is 0 Å². The minimum atomic E-state index is 0.116. The van der Waals surface area contributed by atoms with E-state index in [1.54, 1.807) is 0 Å². The summed E-state index contributed by atoms with van der Waals surface area (Å²) in [5.41, 5.74) is 0.785. The lowest BCUT2D eigenvalue weighted by Gasteiger charge is -2.46. The lowest BCUT2D eigenvalue weighted by Crippen LogP contribution is -3.05. The van der Waals surface area contributed by atoms with E-state index in [2.05, 4.69) is 52.6 Å². The summed E-state index contributed by atoms with van der Waals surface area (Å²) in [5.74, 6) is 0. The number of piperidine rings is 1. The van der Waals surface area contributed by atoms with Crippen molar-refractivity contribution < 1.29 is 5.32 Å². The fourth-order valence-corrected chi connectivity index (χ4v) is 3.99. The molecule has 1 aliphatic heterocycles. The van der Waals surface area contributed by atoms with Crippen LogP contribution in [0.3, 0.4) is 0 Å². The van der Waals surface area contributed by atoms with Crippen LogP contribution in [-0.4, -0.2) is 10.4 Å². The summed E-state index contributed by atoms with van der Waals surface area (Å²) < 4.78 is 0. The number of nitrogens with two attached hydrogens (primary N) is 1. The van der Waals surface area contributed by atoms with Gasteiger partial charge >= 0.3 is 0 Å². The first-order valence-electron chi connectivity index (χ1n) is 4.72. The van der Waals surface area contributed by atoms with Gasteiger partial charge < -0.3 is 5.32 Å². The summed E-state index contributed by atoms with van der Waals surface area (Å²) in [7, 11) is 0. The van der Waals surface area contributed by atoms with Crippen LogP contribution in [0.5, 0.6) is 0 Å². The van der Waals surface area contributed by atoms with Crippen LogP contribution in [-0.2, 0) is 0 Å². The molecule has 1 saturated heterocycles. The summed E-state index contributed by atoms with van der Waals surface area (Å²) in [6.07, 6.45) is 2.46. The Balaban J connectivity index is 2.81. The van der Waals surface area contributed by atoms with Crippen molar-refractivity contribution in [2.24, 2.45) is 5.41 Å². The molecule has 0 spiro atoms. The summed E-state index contributed by atoms with van der Waals surface area (Å²) in [4.78, 5) is 0.116. The van der Waals surface area contributed by atoms with Crippen molar-refractivity contribution in [2.45, 2.75) is 57.9 Å². The Hall–Kier alpha value is 0.310. The molecule has 0 aromatic carbocycles. The molecule has 0 aromatic heterocycles. The van der Waals surface area contributed by atoms with E-state index in [1.165, 1.54) is 12.8 Å². The molecule has 72 valence electrons. The van der Waals surface area contributed by atoms with Crippen molar-refractivity contribution in [3.63, 3.8) is 0 Å². The zero-order valence-corrected chi connectivity index (χ0v) is 9.83. The number of quaternary nitrogens is 1. The molecule has 0 aliphatic carbocycles. The Kier molecular flexibility index (Phi) is 2.29. The van der Waals surface area contributed by atoms with Gasteiger partial charge in [0, 0.05) is 19.8 Å². The molecule has 1 atom stereocenters. The van der Waals surface area contributed by atoms with Crippen LogP contribution in [0.4, 0.5) is 0 Å². The Morgan fingerprint density at radius 1 is 1.00 bits per heavy atom. The first-order valence-corrected chi connectivity index (χ1v) is 5.16. The summed E-state index contributed by atoms with van der Waals surface area (Å²) in [6.45, 7) is 11.5. The molecule has 12 heavy (non-hydrogen) atoms. The molecular weight excluding hydrogens is 166 g/mol. The van der Waals surface area contributed by atoms with E-state index >= 15 is 0 Å². The predicted octanol–water partition coefficient (Wildman–Crippen LogP) is 1.79. The van der Waals surface area contributed by atoms with E-state index in [0.29, 0.717) is 11.0 Å². The Morgan fingerprint density at radius 3 is 1.83 bits per heavy atom. The number of hydrogen-bond donors (Lipinski definition) is 2. The molecule has 0 radical (unpaired) electrons. The van der Waals surface area contributed by atoms with E-state index in [0.717, 1.165) is 0 Å². The maximum absolute atomic E-state index is 4.69.